The number of benzene rings is 1. The standard InChI is InChI=1S/C22H34N4O2S/c1-6-23-22(25-14-19-15-29-21(26-19)16(3)4)24-13-18-9-8-17(5)12-20(18)28-11-10-27-7-2/h8-9,12,15-16H,6-7,10-11,13-14H2,1-5H3,(H2,23,24,25). The number of aliphatic imine (C=N–C) groups is 1. The Kier molecular flexibility index (Phi) is 9.94. The highest BCUT2D eigenvalue weighted by atomic mass is 32.1. The van der Waals surface area contributed by atoms with E-state index in [1.165, 1.54) is 5.56 Å². The highest BCUT2D eigenvalue weighted by molar-refractivity contribution is 7.09. The van der Waals surface area contributed by atoms with Crippen LogP contribution in [0.25, 0.3) is 0 Å². The smallest absolute Gasteiger partial charge is 0.191 e. The average molecular weight is 419 g/mol. The Labute approximate surface area is 178 Å². The Bertz CT molecular complexity index is 774. The van der Waals surface area contributed by atoms with Crippen molar-refractivity contribution in [1.29, 1.82) is 0 Å². The lowest BCUT2D eigenvalue weighted by Gasteiger charge is -2.13. The van der Waals surface area contributed by atoms with Gasteiger partial charge < -0.3 is 20.1 Å². The van der Waals surface area contributed by atoms with Crippen molar-refractivity contribution in [2.24, 2.45) is 4.99 Å². The quantitative estimate of drug-likeness (QED) is 0.324. The maximum atomic E-state index is 5.92. The van der Waals surface area contributed by atoms with Crippen LogP contribution in [0.15, 0.2) is 28.6 Å². The van der Waals surface area contributed by atoms with Gasteiger partial charge in [-0.05, 0) is 32.4 Å². The number of hydrogen-bond acceptors (Lipinski definition) is 5. The number of aromatic nitrogens is 1. The number of guanidine groups is 1. The number of nitrogens with one attached hydrogen (secondary N) is 2. The maximum absolute atomic E-state index is 5.92. The first-order valence-electron chi connectivity index (χ1n) is 10.3. The molecule has 2 aromatic rings. The molecule has 0 bridgehead atoms. The number of ether oxygens (including phenoxy) is 2. The molecule has 1 aromatic heterocycles. The maximum Gasteiger partial charge on any atom is 0.191 e. The van der Waals surface area contributed by atoms with Crippen LogP contribution >= 0.6 is 11.3 Å². The van der Waals surface area contributed by atoms with Gasteiger partial charge >= 0.3 is 0 Å². The van der Waals surface area contributed by atoms with E-state index >= 15 is 0 Å². The van der Waals surface area contributed by atoms with E-state index in [0.29, 0.717) is 38.8 Å². The molecule has 0 aliphatic heterocycles. The first-order valence-corrected chi connectivity index (χ1v) is 11.2. The van der Waals surface area contributed by atoms with Crippen molar-refractivity contribution in [2.45, 2.75) is 53.6 Å². The van der Waals surface area contributed by atoms with Crippen molar-refractivity contribution in [3.63, 3.8) is 0 Å². The summed E-state index contributed by atoms with van der Waals surface area (Å²) in [6.45, 7) is 14.2. The van der Waals surface area contributed by atoms with Crippen LogP contribution in [-0.2, 0) is 17.8 Å². The minimum absolute atomic E-state index is 0.457. The minimum Gasteiger partial charge on any atom is -0.491 e. The fourth-order valence-electron chi connectivity index (χ4n) is 2.63. The van der Waals surface area contributed by atoms with E-state index in [2.05, 4.69) is 66.9 Å². The highest BCUT2D eigenvalue weighted by Gasteiger charge is 2.08. The van der Waals surface area contributed by atoms with Gasteiger partial charge in [0.15, 0.2) is 5.96 Å². The van der Waals surface area contributed by atoms with Gasteiger partial charge in [0.2, 0.25) is 0 Å². The van der Waals surface area contributed by atoms with Crippen LogP contribution in [0.2, 0.25) is 0 Å². The van der Waals surface area contributed by atoms with Crippen molar-refractivity contribution in [2.75, 3.05) is 26.4 Å². The van der Waals surface area contributed by atoms with E-state index < -0.39 is 0 Å². The molecule has 0 radical (unpaired) electrons. The molecule has 160 valence electrons. The minimum atomic E-state index is 0.457. The van der Waals surface area contributed by atoms with Gasteiger partial charge in [0, 0.05) is 30.0 Å². The summed E-state index contributed by atoms with van der Waals surface area (Å²) < 4.78 is 11.3. The molecule has 0 spiro atoms. The van der Waals surface area contributed by atoms with Gasteiger partial charge in [-0.3, -0.25) is 0 Å². The summed E-state index contributed by atoms with van der Waals surface area (Å²) >= 11 is 1.71. The summed E-state index contributed by atoms with van der Waals surface area (Å²) in [4.78, 5) is 9.41. The summed E-state index contributed by atoms with van der Waals surface area (Å²) in [5.41, 5.74) is 3.26. The molecular formula is C22H34N4O2S. The predicted octanol–water partition coefficient (Wildman–Crippen LogP) is 4.25. The molecule has 1 heterocycles. The van der Waals surface area contributed by atoms with Gasteiger partial charge in [-0.25, -0.2) is 9.98 Å². The van der Waals surface area contributed by atoms with Crippen molar-refractivity contribution in [3.8, 4) is 5.75 Å². The first-order chi connectivity index (χ1) is 14.0. The van der Waals surface area contributed by atoms with Crippen LogP contribution in [0, 0.1) is 6.92 Å². The number of thiazole rings is 1. The molecule has 2 rings (SSSR count). The molecule has 0 saturated heterocycles. The van der Waals surface area contributed by atoms with Crippen LogP contribution in [0.4, 0.5) is 0 Å². The van der Waals surface area contributed by atoms with Gasteiger partial charge in [0.25, 0.3) is 0 Å². The number of aryl methyl sites for hydroxylation is 1. The highest BCUT2D eigenvalue weighted by Crippen LogP contribution is 2.21. The normalized spacial score (nSPS) is 11.7. The van der Waals surface area contributed by atoms with E-state index in [0.717, 1.165) is 34.5 Å². The summed E-state index contributed by atoms with van der Waals surface area (Å²) in [5.74, 6) is 2.09. The Hall–Kier alpha value is -2.12. The average Bonchev–Trinajstić information content (AvgIpc) is 3.18. The molecule has 0 fully saturated rings. The van der Waals surface area contributed by atoms with Crippen LogP contribution in [0.1, 0.15) is 55.4 Å². The second-order valence-electron chi connectivity index (χ2n) is 7.04. The van der Waals surface area contributed by atoms with Gasteiger partial charge in [-0.1, -0.05) is 26.0 Å². The number of rotatable bonds is 11. The van der Waals surface area contributed by atoms with Crippen molar-refractivity contribution in [1.82, 2.24) is 15.6 Å². The topological polar surface area (TPSA) is 67.8 Å². The molecule has 0 aliphatic carbocycles. The molecule has 0 atom stereocenters. The Balaban J connectivity index is 2.00. The molecule has 6 nitrogen and oxygen atoms in total. The first kappa shape index (κ1) is 23.2. The zero-order valence-electron chi connectivity index (χ0n) is 18.2. The van der Waals surface area contributed by atoms with E-state index in [4.69, 9.17) is 14.5 Å². The van der Waals surface area contributed by atoms with Crippen molar-refractivity contribution in [3.05, 3.63) is 45.4 Å². The number of nitrogens with zero attached hydrogens (tertiary/aromatic N) is 2. The fourth-order valence-corrected chi connectivity index (χ4v) is 3.47. The van der Waals surface area contributed by atoms with Gasteiger partial charge in [-0.15, -0.1) is 11.3 Å². The van der Waals surface area contributed by atoms with E-state index in [9.17, 15) is 0 Å². The molecular weight excluding hydrogens is 384 g/mol. The van der Waals surface area contributed by atoms with E-state index in [1.54, 1.807) is 11.3 Å². The Morgan fingerprint density at radius 2 is 2.03 bits per heavy atom. The third-order valence-electron chi connectivity index (χ3n) is 4.16. The van der Waals surface area contributed by atoms with E-state index in [-0.39, 0.29) is 0 Å². The zero-order chi connectivity index (χ0) is 21.1. The number of hydrogen-bond donors (Lipinski definition) is 2. The predicted molar refractivity (Wildman–Crippen MR) is 121 cm³/mol. The second-order valence-corrected chi connectivity index (χ2v) is 7.93. The molecule has 2 N–H and O–H groups in total. The van der Waals surface area contributed by atoms with Crippen molar-refractivity contribution < 1.29 is 9.47 Å². The van der Waals surface area contributed by atoms with Crippen LogP contribution in [0.3, 0.4) is 0 Å². The summed E-state index contributed by atoms with van der Waals surface area (Å²) in [5, 5.41) is 9.94. The summed E-state index contributed by atoms with van der Waals surface area (Å²) in [7, 11) is 0. The van der Waals surface area contributed by atoms with Crippen LogP contribution < -0.4 is 15.4 Å². The van der Waals surface area contributed by atoms with Crippen LogP contribution in [-0.4, -0.2) is 37.3 Å². The van der Waals surface area contributed by atoms with E-state index in [1.807, 2.05) is 6.92 Å². The monoisotopic (exact) mass is 418 g/mol. The molecule has 0 amide bonds. The summed E-state index contributed by atoms with van der Waals surface area (Å²) in [6.07, 6.45) is 0. The molecule has 0 unspecified atom stereocenters. The lowest BCUT2D eigenvalue weighted by Crippen LogP contribution is -2.36. The third-order valence-corrected chi connectivity index (χ3v) is 5.36. The molecule has 0 aliphatic rings. The van der Waals surface area contributed by atoms with Crippen LogP contribution in [0.5, 0.6) is 5.75 Å². The lowest BCUT2D eigenvalue weighted by atomic mass is 10.1. The SMILES string of the molecule is CCNC(=NCc1ccc(C)cc1OCCOCC)NCc1csc(C(C)C)n1. The Morgan fingerprint density at radius 1 is 1.21 bits per heavy atom. The third kappa shape index (κ3) is 8.03. The molecule has 29 heavy (non-hydrogen) atoms. The van der Waals surface area contributed by atoms with Gasteiger partial charge in [0.1, 0.15) is 12.4 Å². The molecule has 7 heteroatoms. The second kappa shape index (κ2) is 12.4. The Morgan fingerprint density at radius 3 is 2.72 bits per heavy atom. The molecule has 0 saturated carbocycles. The summed E-state index contributed by atoms with van der Waals surface area (Å²) in [6, 6.07) is 6.22. The van der Waals surface area contributed by atoms with Gasteiger partial charge in [0.05, 0.1) is 30.4 Å². The largest absolute Gasteiger partial charge is 0.491 e. The molecule has 1 aromatic carbocycles. The fraction of sp³-hybridized carbons (Fsp3) is 0.545. The zero-order valence-corrected chi connectivity index (χ0v) is 19.1. The lowest BCUT2D eigenvalue weighted by molar-refractivity contribution is 0.110. The van der Waals surface area contributed by atoms with Crippen molar-refractivity contribution >= 4 is 17.3 Å². The van der Waals surface area contributed by atoms with Gasteiger partial charge in [-0.2, -0.15) is 0 Å².